The number of rotatable bonds is 2. The van der Waals surface area contributed by atoms with Crippen LogP contribution in [-0.4, -0.2) is 49.7 Å². The normalized spacial score (nSPS) is 36.7. The van der Waals surface area contributed by atoms with E-state index in [1.54, 1.807) is 0 Å². The first-order chi connectivity index (χ1) is 6.37. The van der Waals surface area contributed by atoms with Crippen LogP contribution in [0.3, 0.4) is 0 Å². The molecule has 0 unspecified atom stereocenters. The summed E-state index contributed by atoms with van der Waals surface area (Å²) in [5, 5.41) is 6.92. The van der Waals surface area contributed by atoms with Gasteiger partial charge in [0, 0.05) is 38.3 Å². The molecule has 2 fully saturated rings. The zero-order valence-corrected chi connectivity index (χ0v) is 8.60. The van der Waals surface area contributed by atoms with Gasteiger partial charge in [-0.05, 0) is 19.4 Å². The second kappa shape index (κ2) is 3.95. The smallest absolute Gasteiger partial charge is 0.0344 e. The highest BCUT2D eigenvalue weighted by molar-refractivity contribution is 4.97. The summed E-state index contributed by atoms with van der Waals surface area (Å²) >= 11 is 0. The SMILES string of the molecule is CC[C@@]1(N2CCNCC2)CCNC1. The fourth-order valence-corrected chi connectivity index (χ4v) is 2.66. The van der Waals surface area contributed by atoms with Gasteiger partial charge in [0.05, 0.1) is 0 Å². The molecule has 0 spiro atoms. The van der Waals surface area contributed by atoms with Crippen molar-refractivity contribution < 1.29 is 0 Å². The highest BCUT2D eigenvalue weighted by Crippen LogP contribution is 2.26. The van der Waals surface area contributed by atoms with Gasteiger partial charge < -0.3 is 10.6 Å². The van der Waals surface area contributed by atoms with E-state index in [4.69, 9.17) is 0 Å². The maximum Gasteiger partial charge on any atom is 0.0344 e. The van der Waals surface area contributed by atoms with Crippen LogP contribution in [0.25, 0.3) is 0 Å². The van der Waals surface area contributed by atoms with Crippen LogP contribution >= 0.6 is 0 Å². The summed E-state index contributed by atoms with van der Waals surface area (Å²) in [6, 6.07) is 0. The highest BCUT2D eigenvalue weighted by Gasteiger charge is 2.37. The van der Waals surface area contributed by atoms with Crippen LogP contribution in [0.1, 0.15) is 19.8 Å². The van der Waals surface area contributed by atoms with Crippen LogP contribution in [0.4, 0.5) is 0 Å². The number of nitrogens with zero attached hydrogens (tertiary/aromatic N) is 1. The Morgan fingerprint density at radius 3 is 2.46 bits per heavy atom. The summed E-state index contributed by atoms with van der Waals surface area (Å²) in [6.07, 6.45) is 2.63. The minimum Gasteiger partial charge on any atom is -0.315 e. The lowest BCUT2D eigenvalue weighted by Gasteiger charge is -2.42. The maximum absolute atomic E-state index is 3.50. The summed E-state index contributed by atoms with van der Waals surface area (Å²) in [4.78, 5) is 2.68. The Labute approximate surface area is 80.9 Å². The molecule has 0 aromatic heterocycles. The summed E-state index contributed by atoms with van der Waals surface area (Å²) in [5.41, 5.74) is 0.488. The average Bonchev–Trinajstić information content (AvgIpc) is 2.69. The second-order valence-corrected chi connectivity index (χ2v) is 4.24. The van der Waals surface area contributed by atoms with Crippen molar-refractivity contribution in [1.29, 1.82) is 0 Å². The molecule has 2 heterocycles. The molecule has 2 rings (SSSR count). The molecule has 3 nitrogen and oxygen atoms in total. The van der Waals surface area contributed by atoms with Crippen molar-refractivity contribution in [3.8, 4) is 0 Å². The lowest BCUT2D eigenvalue weighted by molar-refractivity contribution is 0.0851. The summed E-state index contributed by atoms with van der Waals surface area (Å²) in [5.74, 6) is 0. The Hall–Kier alpha value is -0.120. The van der Waals surface area contributed by atoms with Gasteiger partial charge in [-0.3, -0.25) is 4.90 Å². The van der Waals surface area contributed by atoms with Crippen molar-refractivity contribution in [2.24, 2.45) is 0 Å². The Bertz CT molecular complexity index is 158. The Balaban J connectivity index is 2.01. The molecule has 2 N–H and O–H groups in total. The quantitative estimate of drug-likeness (QED) is 0.633. The van der Waals surface area contributed by atoms with E-state index in [1.165, 1.54) is 52.1 Å². The maximum atomic E-state index is 3.50. The van der Waals surface area contributed by atoms with E-state index in [0.717, 1.165) is 0 Å². The van der Waals surface area contributed by atoms with Crippen LogP contribution in [0.15, 0.2) is 0 Å². The van der Waals surface area contributed by atoms with Crippen molar-refractivity contribution in [1.82, 2.24) is 15.5 Å². The van der Waals surface area contributed by atoms with Crippen molar-refractivity contribution >= 4 is 0 Å². The van der Waals surface area contributed by atoms with Gasteiger partial charge >= 0.3 is 0 Å². The molecular formula is C10H21N3. The molecule has 2 aliphatic rings. The van der Waals surface area contributed by atoms with Crippen molar-refractivity contribution in [3.63, 3.8) is 0 Å². The van der Waals surface area contributed by atoms with Gasteiger partial charge in [0.25, 0.3) is 0 Å². The molecule has 0 saturated carbocycles. The molecule has 76 valence electrons. The summed E-state index contributed by atoms with van der Waals surface area (Å²) < 4.78 is 0. The third kappa shape index (κ3) is 1.73. The molecule has 2 saturated heterocycles. The Morgan fingerprint density at radius 1 is 1.15 bits per heavy atom. The number of piperazine rings is 1. The first-order valence-corrected chi connectivity index (χ1v) is 5.54. The van der Waals surface area contributed by atoms with E-state index in [2.05, 4.69) is 22.5 Å². The fourth-order valence-electron chi connectivity index (χ4n) is 2.66. The minimum atomic E-state index is 0.488. The highest BCUT2D eigenvalue weighted by atomic mass is 15.3. The fraction of sp³-hybridized carbons (Fsp3) is 1.00. The van der Waals surface area contributed by atoms with E-state index in [9.17, 15) is 0 Å². The number of nitrogens with one attached hydrogen (secondary N) is 2. The van der Waals surface area contributed by atoms with E-state index in [-0.39, 0.29) is 0 Å². The first-order valence-electron chi connectivity index (χ1n) is 5.54. The molecule has 2 aliphatic heterocycles. The van der Waals surface area contributed by atoms with Crippen LogP contribution in [0.5, 0.6) is 0 Å². The van der Waals surface area contributed by atoms with Crippen LogP contribution in [0.2, 0.25) is 0 Å². The molecule has 0 amide bonds. The van der Waals surface area contributed by atoms with Crippen molar-refractivity contribution in [3.05, 3.63) is 0 Å². The minimum absolute atomic E-state index is 0.488. The van der Waals surface area contributed by atoms with Gasteiger partial charge in [0.1, 0.15) is 0 Å². The molecule has 0 radical (unpaired) electrons. The molecule has 0 bridgehead atoms. The molecule has 13 heavy (non-hydrogen) atoms. The molecule has 0 aromatic rings. The molecule has 1 atom stereocenters. The van der Waals surface area contributed by atoms with Gasteiger partial charge in [-0.15, -0.1) is 0 Å². The van der Waals surface area contributed by atoms with Crippen LogP contribution in [-0.2, 0) is 0 Å². The largest absolute Gasteiger partial charge is 0.315 e. The lowest BCUT2D eigenvalue weighted by Crippen LogP contribution is -2.57. The second-order valence-electron chi connectivity index (χ2n) is 4.24. The monoisotopic (exact) mass is 183 g/mol. The van der Waals surface area contributed by atoms with Gasteiger partial charge in [-0.1, -0.05) is 6.92 Å². The van der Waals surface area contributed by atoms with Crippen molar-refractivity contribution in [2.45, 2.75) is 25.3 Å². The summed E-state index contributed by atoms with van der Waals surface area (Å²) in [7, 11) is 0. The third-order valence-electron chi connectivity index (χ3n) is 3.67. The standard InChI is InChI=1S/C10H21N3/c1-2-10(3-4-12-9-10)13-7-5-11-6-8-13/h11-12H,2-9H2,1H3/t10-/m1/s1. The third-order valence-corrected chi connectivity index (χ3v) is 3.67. The number of hydrogen-bond acceptors (Lipinski definition) is 3. The molecule has 0 aromatic carbocycles. The predicted molar refractivity (Wildman–Crippen MR) is 55.0 cm³/mol. The summed E-state index contributed by atoms with van der Waals surface area (Å²) in [6.45, 7) is 9.53. The van der Waals surface area contributed by atoms with Gasteiger partial charge in [-0.25, -0.2) is 0 Å². The molecule has 3 heteroatoms. The number of hydrogen-bond donors (Lipinski definition) is 2. The van der Waals surface area contributed by atoms with Crippen molar-refractivity contribution in [2.75, 3.05) is 39.3 Å². The topological polar surface area (TPSA) is 27.3 Å². The Kier molecular flexibility index (Phi) is 2.86. The van der Waals surface area contributed by atoms with Crippen LogP contribution < -0.4 is 10.6 Å². The molecular weight excluding hydrogens is 162 g/mol. The Morgan fingerprint density at radius 2 is 1.92 bits per heavy atom. The van der Waals surface area contributed by atoms with Gasteiger partial charge in [-0.2, -0.15) is 0 Å². The lowest BCUT2D eigenvalue weighted by atomic mass is 9.92. The zero-order valence-electron chi connectivity index (χ0n) is 8.60. The molecule has 0 aliphatic carbocycles. The van der Waals surface area contributed by atoms with Gasteiger partial charge in [0.2, 0.25) is 0 Å². The van der Waals surface area contributed by atoms with Crippen LogP contribution in [0, 0.1) is 0 Å². The van der Waals surface area contributed by atoms with E-state index in [1.807, 2.05) is 0 Å². The van der Waals surface area contributed by atoms with E-state index in [0.29, 0.717) is 5.54 Å². The predicted octanol–water partition coefficient (Wildman–Crippen LogP) is 0.0337. The van der Waals surface area contributed by atoms with E-state index < -0.39 is 0 Å². The van der Waals surface area contributed by atoms with E-state index >= 15 is 0 Å². The first kappa shape index (κ1) is 9.44. The average molecular weight is 183 g/mol. The zero-order chi connectivity index (χ0) is 9.15. The van der Waals surface area contributed by atoms with Gasteiger partial charge in [0.15, 0.2) is 0 Å².